The molecule has 0 spiro atoms. The molecule has 0 fully saturated rings. The summed E-state index contributed by atoms with van der Waals surface area (Å²) in [5.41, 5.74) is 4.84. The van der Waals surface area contributed by atoms with E-state index in [9.17, 15) is 18.3 Å². The Morgan fingerprint density at radius 3 is 2.12 bits per heavy atom. The van der Waals surface area contributed by atoms with Crippen LogP contribution in [0, 0.1) is 22.9 Å². The summed E-state index contributed by atoms with van der Waals surface area (Å²) in [6.07, 6.45) is -0.604. The Labute approximate surface area is 98.3 Å². The Balaban J connectivity index is 3.17. The summed E-state index contributed by atoms with van der Waals surface area (Å²) < 4.78 is 38.9. The third kappa shape index (κ3) is 2.61. The normalized spacial score (nSPS) is 16.6. The van der Waals surface area contributed by atoms with Gasteiger partial charge in [-0.1, -0.05) is 13.8 Å². The van der Waals surface area contributed by atoms with Gasteiger partial charge in [-0.15, -0.1) is 0 Å². The van der Waals surface area contributed by atoms with Crippen LogP contribution in [-0.4, -0.2) is 11.7 Å². The van der Waals surface area contributed by atoms with Crippen molar-refractivity contribution in [1.82, 2.24) is 0 Å². The molecule has 0 amide bonds. The third-order valence-electron chi connectivity index (χ3n) is 3.26. The number of aliphatic hydroxyl groups excluding tert-OH is 1. The zero-order valence-corrected chi connectivity index (χ0v) is 9.80. The largest absolute Gasteiger partial charge is 0.388 e. The second kappa shape index (κ2) is 5.06. The highest BCUT2D eigenvalue weighted by Crippen LogP contribution is 2.36. The maximum atomic E-state index is 13.0. The van der Waals surface area contributed by atoms with Gasteiger partial charge in [0.05, 0.1) is 6.10 Å². The molecule has 17 heavy (non-hydrogen) atoms. The Kier molecular flexibility index (Phi) is 4.16. The van der Waals surface area contributed by atoms with E-state index in [1.807, 2.05) is 6.92 Å². The van der Waals surface area contributed by atoms with E-state index in [1.54, 1.807) is 6.92 Å². The number of aliphatic hydroxyl groups is 1. The number of hydrogen-bond donors (Lipinski definition) is 2. The molecule has 2 atom stereocenters. The highest BCUT2D eigenvalue weighted by molar-refractivity contribution is 5.23. The van der Waals surface area contributed by atoms with E-state index in [2.05, 4.69) is 0 Å². The van der Waals surface area contributed by atoms with Gasteiger partial charge in [0.1, 0.15) is 0 Å². The summed E-state index contributed by atoms with van der Waals surface area (Å²) in [4.78, 5) is 0. The highest BCUT2D eigenvalue weighted by atomic mass is 19.2. The van der Waals surface area contributed by atoms with Crippen molar-refractivity contribution in [3.63, 3.8) is 0 Å². The van der Waals surface area contributed by atoms with E-state index in [0.717, 1.165) is 12.1 Å². The van der Waals surface area contributed by atoms with E-state index in [1.165, 1.54) is 0 Å². The fourth-order valence-corrected chi connectivity index (χ4v) is 1.58. The molecule has 1 aromatic carbocycles. The van der Waals surface area contributed by atoms with Crippen LogP contribution >= 0.6 is 0 Å². The number of nitrogens with two attached hydrogens (primary N) is 1. The van der Waals surface area contributed by atoms with Crippen molar-refractivity contribution in [3.05, 3.63) is 35.1 Å². The molecule has 0 aromatic heterocycles. The molecule has 0 saturated carbocycles. The van der Waals surface area contributed by atoms with Crippen molar-refractivity contribution in [2.45, 2.75) is 26.4 Å². The molecule has 0 radical (unpaired) electrons. The van der Waals surface area contributed by atoms with Gasteiger partial charge >= 0.3 is 0 Å². The fraction of sp³-hybridized carbons (Fsp3) is 0.500. The molecule has 2 unspecified atom stereocenters. The molecule has 0 aliphatic heterocycles. The monoisotopic (exact) mass is 247 g/mol. The molecular formula is C12H16F3NO. The van der Waals surface area contributed by atoms with E-state index < -0.39 is 29.0 Å². The van der Waals surface area contributed by atoms with Crippen molar-refractivity contribution in [2.24, 2.45) is 11.1 Å². The summed E-state index contributed by atoms with van der Waals surface area (Å²) >= 11 is 0. The molecular weight excluding hydrogens is 231 g/mol. The van der Waals surface area contributed by atoms with Gasteiger partial charge in [0, 0.05) is 12.0 Å². The second-order valence-electron chi connectivity index (χ2n) is 4.41. The molecule has 96 valence electrons. The summed E-state index contributed by atoms with van der Waals surface area (Å²) in [7, 11) is 0. The van der Waals surface area contributed by atoms with E-state index in [-0.39, 0.29) is 12.1 Å². The van der Waals surface area contributed by atoms with Crippen LogP contribution in [0.15, 0.2) is 12.1 Å². The minimum absolute atomic E-state index is 0.00352. The quantitative estimate of drug-likeness (QED) is 0.803. The van der Waals surface area contributed by atoms with Crippen LogP contribution in [0.3, 0.4) is 0 Å². The maximum Gasteiger partial charge on any atom is 0.194 e. The van der Waals surface area contributed by atoms with E-state index in [0.29, 0.717) is 6.42 Å². The number of halogens is 3. The average Bonchev–Trinajstić information content (AvgIpc) is 2.33. The van der Waals surface area contributed by atoms with Gasteiger partial charge < -0.3 is 10.8 Å². The lowest BCUT2D eigenvalue weighted by Crippen LogP contribution is -2.33. The Bertz CT molecular complexity index is 382. The maximum absolute atomic E-state index is 13.0. The molecule has 1 aromatic rings. The van der Waals surface area contributed by atoms with E-state index >= 15 is 0 Å². The topological polar surface area (TPSA) is 46.2 Å². The van der Waals surface area contributed by atoms with Crippen LogP contribution in [-0.2, 0) is 0 Å². The Morgan fingerprint density at radius 1 is 1.29 bits per heavy atom. The standard InChI is InChI=1S/C12H16F3NO/c1-3-12(2,6-16)11(17)7-4-8(13)10(15)9(14)5-7/h4-5,11,17H,3,6,16H2,1-2H3. The fourth-order valence-electron chi connectivity index (χ4n) is 1.58. The Hall–Kier alpha value is -1.07. The zero-order valence-electron chi connectivity index (χ0n) is 9.80. The first kappa shape index (κ1) is 14.0. The molecule has 0 heterocycles. The predicted molar refractivity (Wildman–Crippen MR) is 58.7 cm³/mol. The smallest absolute Gasteiger partial charge is 0.194 e. The first-order valence-corrected chi connectivity index (χ1v) is 5.38. The van der Waals surface area contributed by atoms with Crippen LogP contribution in [0.4, 0.5) is 13.2 Å². The van der Waals surface area contributed by atoms with Gasteiger partial charge in [-0.2, -0.15) is 0 Å². The first-order chi connectivity index (χ1) is 7.85. The molecule has 0 saturated heterocycles. The van der Waals surface area contributed by atoms with Gasteiger partial charge in [-0.3, -0.25) is 0 Å². The second-order valence-corrected chi connectivity index (χ2v) is 4.41. The van der Waals surface area contributed by atoms with Gasteiger partial charge in [-0.05, 0) is 24.1 Å². The first-order valence-electron chi connectivity index (χ1n) is 5.38. The molecule has 1 rings (SSSR count). The predicted octanol–water partition coefficient (Wildman–Crippen LogP) is 2.51. The molecule has 5 heteroatoms. The van der Waals surface area contributed by atoms with Crippen molar-refractivity contribution in [2.75, 3.05) is 6.54 Å². The van der Waals surface area contributed by atoms with Crippen LogP contribution in [0.2, 0.25) is 0 Å². The molecule has 2 nitrogen and oxygen atoms in total. The lowest BCUT2D eigenvalue weighted by Gasteiger charge is -2.32. The minimum atomic E-state index is -1.54. The molecule has 0 aliphatic rings. The Morgan fingerprint density at radius 2 is 1.76 bits per heavy atom. The van der Waals surface area contributed by atoms with Crippen LogP contribution < -0.4 is 5.73 Å². The van der Waals surface area contributed by atoms with Crippen molar-refractivity contribution >= 4 is 0 Å². The molecule has 3 N–H and O–H groups in total. The number of hydrogen-bond acceptors (Lipinski definition) is 2. The number of rotatable bonds is 4. The average molecular weight is 247 g/mol. The van der Waals surface area contributed by atoms with Crippen LogP contribution in [0.25, 0.3) is 0 Å². The van der Waals surface area contributed by atoms with E-state index in [4.69, 9.17) is 5.73 Å². The molecule has 0 aliphatic carbocycles. The highest BCUT2D eigenvalue weighted by Gasteiger charge is 2.32. The summed E-state index contributed by atoms with van der Waals surface area (Å²) in [5.74, 6) is -4.16. The van der Waals surface area contributed by atoms with Gasteiger partial charge in [-0.25, -0.2) is 13.2 Å². The third-order valence-corrected chi connectivity index (χ3v) is 3.26. The summed E-state index contributed by atoms with van der Waals surface area (Å²) in [5, 5.41) is 10.0. The SMILES string of the molecule is CCC(C)(CN)C(O)c1cc(F)c(F)c(F)c1. The zero-order chi connectivity index (χ0) is 13.2. The van der Waals surface area contributed by atoms with Gasteiger partial charge in [0.2, 0.25) is 0 Å². The van der Waals surface area contributed by atoms with Crippen LogP contribution in [0.1, 0.15) is 31.9 Å². The lowest BCUT2D eigenvalue weighted by molar-refractivity contribution is 0.0385. The van der Waals surface area contributed by atoms with Crippen LogP contribution in [0.5, 0.6) is 0 Å². The van der Waals surface area contributed by atoms with Crippen molar-refractivity contribution < 1.29 is 18.3 Å². The minimum Gasteiger partial charge on any atom is -0.388 e. The van der Waals surface area contributed by atoms with Gasteiger partial charge in [0.25, 0.3) is 0 Å². The van der Waals surface area contributed by atoms with Crippen molar-refractivity contribution in [3.8, 4) is 0 Å². The number of benzene rings is 1. The molecule has 0 bridgehead atoms. The van der Waals surface area contributed by atoms with Crippen molar-refractivity contribution in [1.29, 1.82) is 0 Å². The summed E-state index contributed by atoms with van der Waals surface area (Å²) in [6, 6.07) is 1.60. The lowest BCUT2D eigenvalue weighted by atomic mass is 9.78. The van der Waals surface area contributed by atoms with Gasteiger partial charge in [0.15, 0.2) is 17.5 Å². The summed E-state index contributed by atoms with van der Waals surface area (Å²) in [6.45, 7) is 3.68.